The van der Waals surface area contributed by atoms with Crippen molar-refractivity contribution in [1.82, 2.24) is 19.5 Å². The second-order valence-corrected chi connectivity index (χ2v) is 4.82. The van der Waals surface area contributed by atoms with Crippen LogP contribution in [0.5, 0.6) is 0 Å². The van der Waals surface area contributed by atoms with Gasteiger partial charge in [-0.1, -0.05) is 11.6 Å². The van der Waals surface area contributed by atoms with Crippen molar-refractivity contribution < 1.29 is 10.2 Å². The molecule has 2 atom stereocenters. The summed E-state index contributed by atoms with van der Waals surface area (Å²) in [4.78, 5) is 12.0. The molecule has 1 saturated carbocycles. The van der Waals surface area contributed by atoms with Crippen LogP contribution < -0.4 is 5.73 Å². The van der Waals surface area contributed by atoms with Crippen LogP contribution in [0.2, 0.25) is 5.15 Å². The van der Waals surface area contributed by atoms with Gasteiger partial charge in [-0.2, -0.15) is 9.97 Å². The van der Waals surface area contributed by atoms with Crippen molar-refractivity contribution in [2.75, 3.05) is 12.3 Å². The van der Waals surface area contributed by atoms with Gasteiger partial charge in [-0.25, -0.2) is 4.98 Å². The van der Waals surface area contributed by atoms with Crippen LogP contribution in [0.1, 0.15) is 6.42 Å². The highest BCUT2D eigenvalue weighted by Crippen LogP contribution is 2.41. The van der Waals surface area contributed by atoms with E-state index in [4.69, 9.17) is 22.4 Å². The molecule has 0 aliphatic heterocycles. The van der Waals surface area contributed by atoms with Crippen molar-refractivity contribution in [2.45, 2.75) is 12.5 Å². The maximum absolute atomic E-state index is 9.52. The predicted octanol–water partition coefficient (Wildman–Crippen LogP) is 0.276. The zero-order chi connectivity index (χ0) is 13.6. The van der Waals surface area contributed by atoms with Crippen LogP contribution in [0.3, 0.4) is 0 Å². The van der Waals surface area contributed by atoms with Gasteiger partial charge in [0.1, 0.15) is 11.8 Å². The lowest BCUT2D eigenvalue weighted by molar-refractivity contribution is 0.0815. The normalized spacial score (nSPS) is 22.1. The summed E-state index contributed by atoms with van der Waals surface area (Å²) in [7, 11) is 0. The smallest absolute Gasteiger partial charge is 0.223 e. The van der Waals surface area contributed by atoms with Crippen LogP contribution in [0, 0.1) is 5.92 Å². The summed E-state index contributed by atoms with van der Waals surface area (Å²) in [6, 6.07) is 0. The highest BCUT2D eigenvalue weighted by atomic mass is 35.5. The first-order valence-corrected chi connectivity index (χ1v) is 6.13. The van der Waals surface area contributed by atoms with Gasteiger partial charge in [0.25, 0.3) is 0 Å². The Morgan fingerprint density at radius 3 is 3.11 bits per heavy atom. The third-order valence-corrected chi connectivity index (χ3v) is 3.39. The molecule has 100 valence electrons. The Hall–Kier alpha value is -1.70. The average Bonchev–Trinajstić information content (AvgIpc) is 3.02. The minimum absolute atomic E-state index is 0.00268. The van der Waals surface area contributed by atoms with Gasteiger partial charge in [0, 0.05) is 12.1 Å². The molecule has 2 heterocycles. The fourth-order valence-corrected chi connectivity index (χ4v) is 2.24. The standard InChI is InChI=1S/C11H12ClN5O2/c12-9-8-10(16-11(13)15-9)17(4-14-8)2-5-1-6(5)7(19)3-18/h2,4,6-7,18-19H,1,3H2,(H2,13,15,16)/b5-2-/t6-,7-/m0/s1. The molecule has 0 unspecified atom stereocenters. The molecule has 19 heavy (non-hydrogen) atoms. The average molecular weight is 282 g/mol. The van der Waals surface area contributed by atoms with E-state index in [1.165, 1.54) is 0 Å². The molecular formula is C11H12ClN5O2. The van der Waals surface area contributed by atoms with E-state index in [1.807, 2.05) is 6.20 Å². The summed E-state index contributed by atoms with van der Waals surface area (Å²) in [5, 5.41) is 18.6. The first-order valence-electron chi connectivity index (χ1n) is 5.75. The Morgan fingerprint density at radius 1 is 1.58 bits per heavy atom. The second-order valence-electron chi connectivity index (χ2n) is 4.46. The zero-order valence-corrected chi connectivity index (χ0v) is 10.6. The zero-order valence-electron chi connectivity index (χ0n) is 9.86. The van der Waals surface area contributed by atoms with E-state index < -0.39 is 6.10 Å². The van der Waals surface area contributed by atoms with E-state index in [2.05, 4.69) is 15.0 Å². The Balaban J connectivity index is 1.97. The highest BCUT2D eigenvalue weighted by Gasteiger charge is 2.36. The summed E-state index contributed by atoms with van der Waals surface area (Å²) in [6.07, 6.45) is 3.42. The third-order valence-electron chi connectivity index (χ3n) is 3.12. The molecule has 0 aromatic carbocycles. The molecule has 8 heteroatoms. The van der Waals surface area contributed by atoms with Crippen LogP contribution in [-0.4, -0.2) is 42.4 Å². The van der Waals surface area contributed by atoms with E-state index in [0.29, 0.717) is 11.2 Å². The molecule has 0 radical (unpaired) electrons. The monoisotopic (exact) mass is 281 g/mol. The Bertz CT molecular complexity index is 668. The predicted molar refractivity (Wildman–Crippen MR) is 70.2 cm³/mol. The number of hydrogen-bond donors (Lipinski definition) is 3. The lowest BCUT2D eigenvalue weighted by Gasteiger charge is -2.02. The number of anilines is 1. The molecule has 1 aliphatic carbocycles. The van der Waals surface area contributed by atoms with Crippen molar-refractivity contribution in [1.29, 1.82) is 0 Å². The number of aliphatic hydroxyl groups is 2. The van der Waals surface area contributed by atoms with E-state index in [0.717, 1.165) is 12.0 Å². The number of halogens is 1. The Labute approximate surface area is 113 Å². The summed E-state index contributed by atoms with van der Waals surface area (Å²) in [6.45, 7) is -0.242. The second kappa shape index (κ2) is 4.44. The van der Waals surface area contributed by atoms with E-state index in [-0.39, 0.29) is 23.6 Å². The minimum atomic E-state index is -0.718. The van der Waals surface area contributed by atoms with Crippen LogP contribution in [-0.2, 0) is 0 Å². The number of fused-ring (bicyclic) bond motifs is 1. The Kier molecular flexibility index (Phi) is 2.89. The molecule has 1 aliphatic rings. The van der Waals surface area contributed by atoms with Gasteiger partial charge in [-0.3, -0.25) is 4.57 Å². The van der Waals surface area contributed by atoms with Crippen molar-refractivity contribution >= 4 is 34.9 Å². The molecule has 1 fully saturated rings. The molecule has 0 bridgehead atoms. The van der Waals surface area contributed by atoms with Crippen LogP contribution in [0.4, 0.5) is 5.95 Å². The fourth-order valence-electron chi connectivity index (χ4n) is 2.02. The lowest BCUT2D eigenvalue weighted by Crippen LogP contribution is -2.14. The maximum atomic E-state index is 9.52. The summed E-state index contributed by atoms with van der Waals surface area (Å²) in [5.41, 5.74) is 7.58. The number of aromatic nitrogens is 4. The Morgan fingerprint density at radius 2 is 2.37 bits per heavy atom. The summed E-state index contributed by atoms with van der Waals surface area (Å²) >= 11 is 5.93. The van der Waals surface area contributed by atoms with Crippen molar-refractivity contribution in [3.8, 4) is 0 Å². The van der Waals surface area contributed by atoms with Gasteiger partial charge in [0.15, 0.2) is 10.8 Å². The third kappa shape index (κ3) is 2.16. The molecule has 2 aromatic heterocycles. The number of nitrogens with zero attached hydrogens (tertiary/aromatic N) is 4. The first-order chi connectivity index (χ1) is 9.10. The van der Waals surface area contributed by atoms with E-state index >= 15 is 0 Å². The van der Waals surface area contributed by atoms with Gasteiger partial charge < -0.3 is 15.9 Å². The minimum Gasteiger partial charge on any atom is -0.394 e. The fraction of sp³-hybridized carbons (Fsp3) is 0.364. The summed E-state index contributed by atoms with van der Waals surface area (Å²) < 4.78 is 1.69. The van der Waals surface area contributed by atoms with Gasteiger partial charge in [0.2, 0.25) is 5.95 Å². The SMILES string of the molecule is Nc1nc(Cl)c2ncn(/C=C3/C[C@@H]3[C@@H](O)CO)c2n1. The van der Waals surface area contributed by atoms with E-state index in [9.17, 15) is 5.11 Å². The number of aliphatic hydroxyl groups excluding tert-OH is 2. The first kappa shape index (κ1) is 12.3. The largest absolute Gasteiger partial charge is 0.394 e. The highest BCUT2D eigenvalue weighted by molar-refractivity contribution is 6.33. The molecule has 4 N–H and O–H groups in total. The number of rotatable bonds is 3. The van der Waals surface area contributed by atoms with Crippen LogP contribution >= 0.6 is 11.6 Å². The summed E-state index contributed by atoms with van der Waals surface area (Å²) in [5.74, 6) is 0.0810. The molecule has 3 rings (SSSR count). The number of hydrogen-bond acceptors (Lipinski definition) is 6. The van der Waals surface area contributed by atoms with Gasteiger partial charge in [-0.05, 0) is 12.0 Å². The lowest BCUT2D eigenvalue weighted by atomic mass is 10.2. The van der Waals surface area contributed by atoms with Crippen LogP contribution in [0.25, 0.3) is 17.4 Å². The number of nitrogen functional groups attached to an aromatic ring is 1. The quantitative estimate of drug-likeness (QED) is 0.697. The maximum Gasteiger partial charge on any atom is 0.223 e. The molecule has 0 amide bonds. The van der Waals surface area contributed by atoms with Gasteiger partial charge in [-0.15, -0.1) is 0 Å². The van der Waals surface area contributed by atoms with Crippen molar-refractivity contribution in [2.24, 2.45) is 5.92 Å². The van der Waals surface area contributed by atoms with Gasteiger partial charge >= 0.3 is 0 Å². The number of nitrogens with two attached hydrogens (primary N) is 1. The topological polar surface area (TPSA) is 110 Å². The van der Waals surface area contributed by atoms with Crippen molar-refractivity contribution in [3.63, 3.8) is 0 Å². The molecule has 2 aromatic rings. The molecule has 0 spiro atoms. The van der Waals surface area contributed by atoms with Gasteiger partial charge in [0.05, 0.1) is 12.7 Å². The van der Waals surface area contributed by atoms with Crippen molar-refractivity contribution in [3.05, 3.63) is 17.1 Å². The molecular weight excluding hydrogens is 270 g/mol. The van der Waals surface area contributed by atoms with E-state index in [1.54, 1.807) is 10.9 Å². The molecule has 7 nitrogen and oxygen atoms in total. The number of imidazole rings is 1. The molecule has 0 saturated heterocycles. The van der Waals surface area contributed by atoms with Crippen LogP contribution in [0.15, 0.2) is 11.9 Å².